The minimum atomic E-state index is -0.245. The van der Waals surface area contributed by atoms with Crippen LogP contribution in [0.2, 0.25) is 0 Å². The number of fused-ring (bicyclic) bond motifs is 1. The summed E-state index contributed by atoms with van der Waals surface area (Å²) in [5.74, 6) is 1.63. The van der Waals surface area contributed by atoms with Crippen LogP contribution in [0.1, 0.15) is 112 Å². The van der Waals surface area contributed by atoms with Gasteiger partial charge in [0, 0.05) is 44.1 Å². The van der Waals surface area contributed by atoms with Crippen LogP contribution in [0.5, 0.6) is 0 Å². The summed E-state index contributed by atoms with van der Waals surface area (Å²) in [4.78, 5) is 17.0. The highest BCUT2D eigenvalue weighted by atomic mass is 16.5. The highest BCUT2D eigenvalue weighted by Gasteiger charge is 2.29. The van der Waals surface area contributed by atoms with Gasteiger partial charge in [-0.05, 0) is 95.9 Å². The van der Waals surface area contributed by atoms with E-state index >= 15 is 0 Å². The predicted molar refractivity (Wildman–Crippen MR) is 227 cm³/mol. The maximum Gasteiger partial charge on any atom is 0.182 e. The molecule has 1 fully saturated rings. The second kappa shape index (κ2) is 22.6. The van der Waals surface area contributed by atoms with Crippen molar-refractivity contribution >= 4 is 18.0 Å². The van der Waals surface area contributed by atoms with Gasteiger partial charge >= 0.3 is 0 Å². The summed E-state index contributed by atoms with van der Waals surface area (Å²) in [5.41, 5.74) is 7.28. The smallest absolute Gasteiger partial charge is 0.182 e. The topological polar surface area (TPSA) is 56.2 Å². The molecule has 0 bridgehead atoms. The third-order valence-corrected chi connectivity index (χ3v) is 8.82. The van der Waals surface area contributed by atoms with Gasteiger partial charge in [-0.1, -0.05) is 97.1 Å². The van der Waals surface area contributed by atoms with E-state index in [2.05, 4.69) is 136 Å². The molecule has 0 amide bonds. The van der Waals surface area contributed by atoms with Gasteiger partial charge in [0.1, 0.15) is 5.60 Å². The van der Waals surface area contributed by atoms with Gasteiger partial charge < -0.3 is 24.8 Å². The van der Waals surface area contributed by atoms with Crippen molar-refractivity contribution in [1.82, 2.24) is 25.0 Å². The molecular weight excluding hydrogens is 641 g/mol. The molecule has 286 valence electrons. The summed E-state index contributed by atoms with van der Waals surface area (Å²) in [6.45, 7) is 38.6. The molecule has 52 heavy (non-hydrogen) atoms. The van der Waals surface area contributed by atoms with Crippen LogP contribution >= 0.6 is 0 Å². The van der Waals surface area contributed by atoms with Crippen molar-refractivity contribution in [3.05, 3.63) is 114 Å². The number of aromatic nitrogens is 1. The van der Waals surface area contributed by atoms with Crippen molar-refractivity contribution in [2.24, 2.45) is 4.99 Å². The molecule has 0 spiro atoms. The zero-order chi connectivity index (χ0) is 38.7. The summed E-state index contributed by atoms with van der Waals surface area (Å²) < 4.78 is 6.01. The maximum atomic E-state index is 6.01. The lowest BCUT2D eigenvalue weighted by molar-refractivity contribution is -0.00703. The molecule has 1 N–H and O–H groups in total. The molecule has 3 aliphatic rings. The number of unbranched alkanes of at least 4 members (excludes halogenated alkanes) is 2. The molecule has 0 saturated carbocycles. The number of hydrogen-bond donors (Lipinski definition) is 1. The molecule has 1 aromatic rings. The second-order valence-electron chi connectivity index (χ2n) is 13.7. The zero-order valence-electron chi connectivity index (χ0n) is 34.4. The zero-order valence-corrected chi connectivity index (χ0v) is 34.4. The Labute approximate surface area is 318 Å². The Kier molecular flexibility index (Phi) is 19.1. The van der Waals surface area contributed by atoms with E-state index in [9.17, 15) is 0 Å². The lowest BCUT2D eigenvalue weighted by Crippen LogP contribution is -2.45. The molecule has 2 aliphatic heterocycles. The quantitative estimate of drug-likeness (QED) is 0.111. The van der Waals surface area contributed by atoms with E-state index in [0.717, 1.165) is 92.1 Å². The molecule has 3 heterocycles. The van der Waals surface area contributed by atoms with E-state index in [1.54, 1.807) is 0 Å². The van der Waals surface area contributed by atoms with Crippen molar-refractivity contribution in [1.29, 1.82) is 0 Å². The highest BCUT2D eigenvalue weighted by Crippen LogP contribution is 2.27. The monoisotopic (exact) mass is 711 g/mol. The largest absolute Gasteiger partial charge is 0.474 e. The highest BCUT2D eigenvalue weighted by molar-refractivity contribution is 6.00. The maximum absolute atomic E-state index is 6.01. The molecule has 1 aromatic heterocycles. The SMILES string of the molecule is C=CC(=C\C=C(/C)N1CCN(C(=C)OC(C)(C)C)CC1)/C(=C/C)N1CC(/C=C/c2ccc3c(n2)C=CCC3)N=C1C(=C)NCCCCC.CC.CC. The van der Waals surface area contributed by atoms with Crippen LogP contribution in [0.3, 0.4) is 0 Å². The molecule has 1 aliphatic carbocycles. The fourth-order valence-corrected chi connectivity index (χ4v) is 6.18. The first-order valence-corrected chi connectivity index (χ1v) is 19.7. The number of allylic oxidation sites excluding steroid dienone is 6. The van der Waals surface area contributed by atoms with Crippen LogP contribution in [0.15, 0.2) is 102 Å². The standard InChI is InChI=1S/C41H58N6O.2C2H6/c1-10-13-16-25-42-32(5)40-44-37(24-23-36-22-21-35-17-14-15-18-38(35)43-36)30-47(40)39(12-3)34(11-2)20-19-31(4)45-26-28-46(29-27-45)33(6)48-41(7,8)9;2*1-2/h11-12,15,18-24,37,42H,2,5-6,10,13-14,16-17,25-30H2,1,3-4,7-9H3;2*1-2H3/b24-23+,31-19+,34-20+,39-12-;;. The van der Waals surface area contributed by atoms with Gasteiger partial charge in [-0.3, -0.25) is 4.99 Å². The van der Waals surface area contributed by atoms with Crippen LogP contribution in [-0.4, -0.2) is 76.4 Å². The van der Waals surface area contributed by atoms with Crippen molar-refractivity contribution in [3.8, 4) is 0 Å². The van der Waals surface area contributed by atoms with Gasteiger partial charge in [-0.25, -0.2) is 4.98 Å². The van der Waals surface area contributed by atoms with Gasteiger partial charge in [-0.2, -0.15) is 0 Å². The predicted octanol–water partition coefficient (Wildman–Crippen LogP) is 10.3. The Morgan fingerprint density at radius 3 is 2.35 bits per heavy atom. The van der Waals surface area contributed by atoms with Crippen LogP contribution in [-0.2, 0) is 11.2 Å². The summed E-state index contributed by atoms with van der Waals surface area (Å²) in [7, 11) is 0. The molecule has 7 heteroatoms. The van der Waals surface area contributed by atoms with E-state index < -0.39 is 0 Å². The van der Waals surface area contributed by atoms with Crippen molar-refractivity contribution in [2.45, 2.75) is 113 Å². The van der Waals surface area contributed by atoms with Crippen molar-refractivity contribution in [3.63, 3.8) is 0 Å². The van der Waals surface area contributed by atoms with E-state index in [-0.39, 0.29) is 11.6 Å². The first-order valence-electron chi connectivity index (χ1n) is 19.7. The lowest BCUT2D eigenvalue weighted by Gasteiger charge is -2.39. The van der Waals surface area contributed by atoms with E-state index in [4.69, 9.17) is 14.7 Å². The van der Waals surface area contributed by atoms with Gasteiger partial charge in [0.15, 0.2) is 11.7 Å². The van der Waals surface area contributed by atoms with Crippen LogP contribution in [0, 0.1) is 0 Å². The van der Waals surface area contributed by atoms with Crippen molar-refractivity contribution in [2.75, 3.05) is 39.3 Å². The molecule has 0 aromatic carbocycles. The fraction of sp³-hybridized carbons (Fsp3) is 0.511. The molecule has 7 nitrogen and oxygen atoms in total. The number of aryl methyl sites for hydroxylation is 1. The number of nitrogens with one attached hydrogen (secondary N) is 1. The second-order valence-corrected chi connectivity index (χ2v) is 13.7. The minimum Gasteiger partial charge on any atom is -0.474 e. The Morgan fingerprint density at radius 1 is 1.02 bits per heavy atom. The normalized spacial score (nSPS) is 17.8. The van der Waals surface area contributed by atoms with Crippen LogP contribution < -0.4 is 5.32 Å². The first kappa shape index (κ1) is 43.9. The van der Waals surface area contributed by atoms with Gasteiger partial charge in [0.05, 0.1) is 29.7 Å². The molecule has 4 rings (SSSR count). The van der Waals surface area contributed by atoms with Crippen LogP contribution in [0.25, 0.3) is 12.2 Å². The summed E-state index contributed by atoms with van der Waals surface area (Å²) >= 11 is 0. The van der Waals surface area contributed by atoms with E-state index in [1.165, 1.54) is 24.1 Å². The average molecular weight is 711 g/mol. The Hall–Kier alpha value is -4.26. The molecular formula is C45H70N6O. The van der Waals surface area contributed by atoms with Gasteiger partial charge in [0.25, 0.3) is 0 Å². The minimum absolute atomic E-state index is 0.0332. The van der Waals surface area contributed by atoms with Gasteiger partial charge in [0.2, 0.25) is 0 Å². The first-order chi connectivity index (χ1) is 25.0. The number of pyridine rings is 1. The molecule has 1 unspecified atom stereocenters. The average Bonchev–Trinajstić information content (AvgIpc) is 3.58. The third kappa shape index (κ3) is 13.4. The fourth-order valence-electron chi connectivity index (χ4n) is 6.18. The Balaban J connectivity index is 0.00000226. The lowest BCUT2D eigenvalue weighted by atomic mass is 10.0. The number of ether oxygens (including phenoxy) is 1. The number of rotatable bonds is 15. The van der Waals surface area contributed by atoms with Gasteiger partial charge in [-0.15, -0.1) is 0 Å². The number of amidine groups is 1. The summed E-state index contributed by atoms with van der Waals surface area (Å²) in [6.07, 6.45) is 22.7. The third-order valence-electron chi connectivity index (χ3n) is 8.82. The number of piperazine rings is 1. The Bertz CT molecular complexity index is 1490. The number of nitrogens with zero attached hydrogens (tertiary/aromatic N) is 5. The van der Waals surface area contributed by atoms with Crippen LogP contribution in [0.4, 0.5) is 0 Å². The molecule has 0 radical (unpaired) electrons. The number of hydrogen-bond acceptors (Lipinski definition) is 7. The number of aliphatic imine (C=N–C) groups is 1. The molecule has 1 saturated heterocycles. The summed E-state index contributed by atoms with van der Waals surface area (Å²) in [6, 6.07) is 4.28. The molecule has 1 atom stereocenters. The van der Waals surface area contributed by atoms with E-state index in [0.29, 0.717) is 6.54 Å². The summed E-state index contributed by atoms with van der Waals surface area (Å²) in [5, 5.41) is 3.55. The Morgan fingerprint density at radius 2 is 1.71 bits per heavy atom. The van der Waals surface area contributed by atoms with Crippen molar-refractivity contribution < 1.29 is 4.74 Å². The van der Waals surface area contributed by atoms with E-state index in [1.807, 2.05) is 33.8 Å².